The van der Waals surface area contributed by atoms with E-state index in [4.69, 9.17) is 0 Å². The molecule has 1 saturated heterocycles. The summed E-state index contributed by atoms with van der Waals surface area (Å²) in [6.07, 6.45) is 3.33. The highest BCUT2D eigenvalue weighted by Crippen LogP contribution is 2.53. The van der Waals surface area contributed by atoms with Crippen molar-refractivity contribution in [1.82, 2.24) is 9.80 Å². The van der Waals surface area contributed by atoms with Gasteiger partial charge in [-0.15, -0.1) is 11.3 Å². The number of imide groups is 2. The molecule has 1 fully saturated rings. The monoisotopic (exact) mass is 441 g/mol. The normalized spacial score (nSPS) is 16.8. The summed E-state index contributed by atoms with van der Waals surface area (Å²) in [6.45, 7) is 0. The number of likely N-dealkylation sites (N-methyl/N-ethyl adjacent to an activating group) is 2. The molecule has 3 aliphatic rings. The number of amides is 4. The molecule has 0 aliphatic carbocycles. The number of anilines is 3. The SMILES string of the molecule is CN1C(=O)C(=Cc2cc3c(s2)N2c4ccccc4Cc4cccc(c42)C3)C(=O)N(C)C1=O. The van der Waals surface area contributed by atoms with Crippen LogP contribution in [-0.4, -0.2) is 41.7 Å². The number of hydrogen-bond acceptors (Lipinski definition) is 5. The fourth-order valence-electron chi connectivity index (χ4n) is 4.78. The third kappa shape index (κ3) is 2.54. The van der Waals surface area contributed by atoms with Gasteiger partial charge in [0.05, 0.1) is 11.4 Å². The highest BCUT2D eigenvalue weighted by Gasteiger charge is 2.38. The summed E-state index contributed by atoms with van der Waals surface area (Å²) in [7, 11) is 2.79. The van der Waals surface area contributed by atoms with Gasteiger partial charge in [0.15, 0.2) is 0 Å². The van der Waals surface area contributed by atoms with Gasteiger partial charge in [0, 0.05) is 31.8 Å². The van der Waals surface area contributed by atoms with Crippen LogP contribution in [0, 0.1) is 0 Å². The Labute approximate surface area is 189 Å². The third-order valence-corrected chi connectivity index (χ3v) is 7.47. The van der Waals surface area contributed by atoms with Gasteiger partial charge in [-0.2, -0.15) is 0 Å². The summed E-state index contributed by atoms with van der Waals surface area (Å²) in [5, 5.41) is 1.11. The van der Waals surface area contributed by atoms with Crippen molar-refractivity contribution in [3.63, 3.8) is 0 Å². The summed E-state index contributed by atoms with van der Waals surface area (Å²) >= 11 is 1.56. The molecule has 0 radical (unpaired) electrons. The lowest BCUT2D eigenvalue weighted by Crippen LogP contribution is -2.52. The number of urea groups is 1. The maximum atomic E-state index is 12.6. The average Bonchev–Trinajstić information content (AvgIpc) is 3.21. The van der Waals surface area contributed by atoms with Gasteiger partial charge in [0.2, 0.25) is 0 Å². The van der Waals surface area contributed by atoms with E-state index in [1.165, 1.54) is 42.2 Å². The van der Waals surface area contributed by atoms with Crippen molar-refractivity contribution in [3.05, 3.63) is 81.2 Å². The van der Waals surface area contributed by atoms with Crippen LogP contribution in [0.25, 0.3) is 6.08 Å². The second-order valence-corrected chi connectivity index (χ2v) is 9.35. The van der Waals surface area contributed by atoms with Crippen molar-refractivity contribution < 1.29 is 14.4 Å². The Morgan fingerprint density at radius 3 is 2.16 bits per heavy atom. The van der Waals surface area contributed by atoms with E-state index in [1.54, 1.807) is 17.4 Å². The molecular formula is C25H19N3O3S. The van der Waals surface area contributed by atoms with Crippen LogP contribution in [0.4, 0.5) is 21.2 Å². The van der Waals surface area contributed by atoms with E-state index in [1.807, 2.05) is 0 Å². The number of barbiturate groups is 1. The number of rotatable bonds is 1. The summed E-state index contributed by atoms with van der Waals surface area (Å²) in [4.78, 5) is 42.4. The second kappa shape index (κ2) is 6.64. The Hall–Kier alpha value is -3.71. The fraction of sp³-hybridized carbons (Fsp3) is 0.160. The number of carbonyl (C=O) groups is 3. The average molecular weight is 442 g/mol. The number of hydrogen-bond donors (Lipinski definition) is 0. The van der Waals surface area contributed by atoms with E-state index in [-0.39, 0.29) is 5.57 Å². The van der Waals surface area contributed by atoms with E-state index in [2.05, 4.69) is 53.4 Å². The standard InChI is InChI=1S/C25H19N3O3S/c1-26-22(29)19(23(30)27(2)25(26)31)13-18-12-17-11-16-8-5-7-15-10-14-6-3-4-9-20(14)28(21(15)16)24(17)32-18/h3-9,12-13H,10-11H2,1-2H3. The van der Waals surface area contributed by atoms with Crippen molar-refractivity contribution >= 4 is 51.6 Å². The first-order valence-corrected chi connectivity index (χ1v) is 11.2. The first-order chi connectivity index (χ1) is 15.4. The van der Waals surface area contributed by atoms with Gasteiger partial charge in [-0.3, -0.25) is 19.4 Å². The van der Waals surface area contributed by atoms with Gasteiger partial charge in [0.25, 0.3) is 11.8 Å². The Bertz CT molecular complexity index is 1360. The minimum Gasteiger partial charge on any atom is -0.301 e. The molecule has 0 saturated carbocycles. The molecule has 3 aromatic rings. The topological polar surface area (TPSA) is 60.9 Å². The Kier molecular flexibility index (Phi) is 3.95. The number of benzene rings is 2. The number of thiophene rings is 1. The first kappa shape index (κ1) is 19.0. The van der Waals surface area contributed by atoms with Crippen LogP contribution in [-0.2, 0) is 22.4 Å². The predicted molar refractivity (Wildman–Crippen MR) is 124 cm³/mol. The molecule has 0 unspecified atom stereocenters. The maximum absolute atomic E-state index is 12.6. The van der Waals surface area contributed by atoms with Crippen LogP contribution in [0.1, 0.15) is 27.1 Å². The maximum Gasteiger partial charge on any atom is 0.333 e. The molecule has 0 atom stereocenters. The molecular weight excluding hydrogens is 422 g/mol. The van der Waals surface area contributed by atoms with Crippen LogP contribution in [0.5, 0.6) is 0 Å². The fourth-order valence-corrected chi connectivity index (χ4v) is 5.93. The van der Waals surface area contributed by atoms with Crippen molar-refractivity contribution in [2.45, 2.75) is 12.8 Å². The molecule has 0 bridgehead atoms. The number of fused-ring (bicyclic) bond motifs is 4. The zero-order valence-corrected chi connectivity index (χ0v) is 18.4. The first-order valence-electron chi connectivity index (χ1n) is 10.4. The molecule has 4 heterocycles. The lowest BCUT2D eigenvalue weighted by Gasteiger charge is -2.37. The third-order valence-electron chi connectivity index (χ3n) is 6.36. The quantitative estimate of drug-likeness (QED) is 0.285. The van der Waals surface area contributed by atoms with Gasteiger partial charge in [-0.05, 0) is 40.5 Å². The van der Waals surface area contributed by atoms with E-state index >= 15 is 0 Å². The summed E-state index contributed by atoms with van der Waals surface area (Å²) in [5.74, 6) is -1.14. The second-order valence-electron chi connectivity index (χ2n) is 8.29. The smallest absolute Gasteiger partial charge is 0.301 e. The van der Waals surface area contributed by atoms with E-state index in [0.717, 1.165) is 38.1 Å². The van der Waals surface area contributed by atoms with Crippen LogP contribution in [0.3, 0.4) is 0 Å². The number of para-hydroxylation sites is 2. The van der Waals surface area contributed by atoms with Crippen LogP contribution < -0.4 is 4.90 Å². The molecule has 6 rings (SSSR count). The minimum absolute atomic E-state index is 0.00504. The molecule has 158 valence electrons. The zero-order valence-electron chi connectivity index (χ0n) is 17.6. The molecule has 7 heteroatoms. The van der Waals surface area contributed by atoms with Crippen molar-refractivity contribution in [2.24, 2.45) is 0 Å². The molecule has 32 heavy (non-hydrogen) atoms. The van der Waals surface area contributed by atoms with Crippen molar-refractivity contribution in [1.29, 1.82) is 0 Å². The van der Waals surface area contributed by atoms with E-state index < -0.39 is 17.8 Å². The van der Waals surface area contributed by atoms with Crippen molar-refractivity contribution in [3.8, 4) is 0 Å². The molecule has 6 nitrogen and oxygen atoms in total. The molecule has 4 amide bonds. The van der Waals surface area contributed by atoms with Gasteiger partial charge in [0.1, 0.15) is 10.6 Å². The van der Waals surface area contributed by atoms with Gasteiger partial charge >= 0.3 is 6.03 Å². The Morgan fingerprint density at radius 2 is 1.44 bits per heavy atom. The molecule has 0 N–H and O–H groups in total. The summed E-state index contributed by atoms with van der Waals surface area (Å²) in [5.41, 5.74) is 7.44. The van der Waals surface area contributed by atoms with Gasteiger partial charge in [-0.25, -0.2) is 4.79 Å². The zero-order chi connectivity index (χ0) is 22.1. The lowest BCUT2D eigenvalue weighted by atomic mass is 9.88. The molecule has 3 aliphatic heterocycles. The van der Waals surface area contributed by atoms with E-state index in [9.17, 15) is 14.4 Å². The molecule has 0 spiro atoms. The summed E-state index contributed by atoms with van der Waals surface area (Å²) in [6, 6.07) is 16.3. The van der Waals surface area contributed by atoms with Gasteiger partial charge in [-0.1, -0.05) is 36.4 Å². The van der Waals surface area contributed by atoms with Crippen LogP contribution in [0.15, 0.2) is 54.1 Å². The summed E-state index contributed by atoms with van der Waals surface area (Å²) < 4.78 is 0. The van der Waals surface area contributed by atoms with Gasteiger partial charge < -0.3 is 4.90 Å². The number of nitrogens with zero attached hydrogens (tertiary/aromatic N) is 3. The van der Waals surface area contributed by atoms with Crippen molar-refractivity contribution in [2.75, 3.05) is 19.0 Å². The molecule has 1 aromatic heterocycles. The predicted octanol–water partition coefficient (Wildman–Crippen LogP) is 4.46. The molecule has 2 aromatic carbocycles. The number of carbonyl (C=O) groups excluding carboxylic acids is 3. The Morgan fingerprint density at radius 1 is 0.812 bits per heavy atom. The highest BCUT2D eigenvalue weighted by atomic mass is 32.1. The van der Waals surface area contributed by atoms with Crippen LogP contribution in [0.2, 0.25) is 0 Å². The van der Waals surface area contributed by atoms with Crippen LogP contribution >= 0.6 is 11.3 Å². The Balaban J connectivity index is 1.49. The largest absolute Gasteiger partial charge is 0.333 e. The van der Waals surface area contributed by atoms with E-state index in [0.29, 0.717) is 0 Å². The lowest BCUT2D eigenvalue weighted by molar-refractivity contribution is -0.134. The minimum atomic E-state index is -0.615. The highest BCUT2D eigenvalue weighted by molar-refractivity contribution is 7.17.